The molecule has 0 aliphatic heterocycles. The molecule has 0 aliphatic carbocycles. The van der Waals surface area contributed by atoms with Gasteiger partial charge in [0.25, 0.3) is 10.0 Å². The molecule has 42 heavy (non-hydrogen) atoms. The third-order valence-corrected chi connectivity index (χ3v) is 7.78. The highest BCUT2D eigenvalue weighted by atomic mass is 32.2. The first-order valence-corrected chi connectivity index (χ1v) is 14.8. The van der Waals surface area contributed by atoms with Gasteiger partial charge in [0, 0.05) is 19.2 Å². The fourth-order valence-electron chi connectivity index (χ4n) is 4.36. The Bertz CT molecular complexity index is 1580. The average Bonchev–Trinajstić information content (AvgIpc) is 3.38. The molecule has 4 N–H and O–H groups in total. The van der Waals surface area contributed by atoms with Crippen molar-refractivity contribution in [3.05, 3.63) is 113 Å². The summed E-state index contributed by atoms with van der Waals surface area (Å²) in [6.45, 7) is 2.62. The number of sulfonamides is 1. The Morgan fingerprint density at radius 1 is 0.976 bits per heavy atom. The normalized spacial score (nSPS) is 13.0. The van der Waals surface area contributed by atoms with Crippen LogP contribution < -0.4 is 15.4 Å². The molecule has 9 nitrogen and oxygen atoms in total. The second-order valence-corrected chi connectivity index (χ2v) is 11.4. The molecule has 0 aliphatic rings. The van der Waals surface area contributed by atoms with Crippen LogP contribution in [0.15, 0.2) is 88.4 Å². The zero-order chi connectivity index (χ0) is 30.1. The Labute approximate surface area is 243 Å². The van der Waals surface area contributed by atoms with E-state index in [9.17, 15) is 27.1 Å². The lowest BCUT2D eigenvalue weighted by Crippen LogP contribution is -2.49. The van der Waals surface area contributed by atoms with Gasteiger partial charge in [0.1, 0.15) is 17.9 Å². The average molecular weight is 599 g/mol. The van der Waals surface area contributed by atoms with Gasteiger partial charge in [-0.25, -0.2) is 21.9 Å². The summed E-state index contributed by atoms with van der Waals surface area (Å²) < 4.78 is 60.1. The number of rotatable bonds is 14. The molecule has 4 rings (SSSR count). The van der Waals surface area contributed by atoms with E-state index >= 15 is 0 Å². The van der Waals surface area contributed by atoms with Crippen molar-refractivity contribution in [1.29, 1.82) is 0 Å². The highest BCUT2D eigenvalue weighted by Gasteiger charge is 2.24. The Hall–Kier alpha value is -4.13. The molecular weight excluding hydrogens is 566 g/mol. The number of halogens is 2. The van der Waals surface area contributed by atoms with Crippen LogP contribution in [0.2, 0.25) is 0 Å². The maximum absolute atomic E-state index is 13.8. The third kappa shape index (κ3) is 8.93. The number of aliphatic hydroxyl groups is 1. The number of aromatic nitrogens is 1. The van der Waals surface area contributed by atoms with Crippen LogP contribution in [0.5, 0.6) is 0 Å². The minimum atomic E-state index is -3.94. The number of oxazole rings is 1. The van der Waals surface area contributed by atoms with Gasteiger partial charge < -0.3 is 20.2 Å². The van der Waals surface area contributed by atoms with Crippen molar-refractivity contribution in [2.24, 2.45) is 0 Å². The number of carbonyl (C=O) groups excluding carboxylic acids is 1. The smallest absolute Gasteiger partial charge is 0.309 e. The summed E-state index contributed by atoms with van der Waals surface area (Å²) in [6, 6.07) is 17.4. The van der Waals surface area contributed by atoms with Crippen LogP contribution in [-0.2, 0) is 40.6 Å². The van der Waals surface area contributed by atoms with Crippen LogP contribution >= 0.6 is 0 Å². The number of aliphatic hydroxyl groups excluding tert-OH is 1. The number of carbonyl (C=O) groups is 1. The molecule has 222 valence electrons. The molecule has 0 radical (unpaired) electrons. The van der Waals surface area contributed by atoms with E-state index in [1.165, 1.54) is 17.7 Å². The van der Waals surface area contributed by atoms with Gasteiger partial charge in [-0.1, -0.05) is 49.4 Å². The topological polar surface area (TPSA) is 134 Å². The van der Waals surface area contributed by atoms with Gasteiger partial charge >= 0.3 is 6.01 Å². The zero-order valence-corrected chi connectivity index (χ0v) is 23.7. The van der Waals surface area contributed by atoms with Gasteiger partial charge in [-0.05, 0) is 53.8 Å². The third-order valence-electron chi connectivity index (χ3n) is 6.44. The maximum Gasteiger partial charge on any atom is 0.309 e. The van der Waals surface area contributed by atoms with Gasteiger partial charge in [0.05, 0.1) is 29.2 Å². The molecule has 0 spiro atoms. The SMILES string of the molecule is CCc1cccc(CNC[C@@H](O)[C@H](Cc2cc(F)cc(F)c2)NC(=O)Cc2coc(NS(=O)(=O)c3ccccc3)n2)c1. The summed E-state index contributed by atoms with van der Waals surface area (Å²) in [5.41, 5.74) is 2.60. The first kappa shape index (κ1) is 30.8. The van der Waals surface area contributed by atoms with Gasteiger partial charge in [0.15, 0.2) is 0 Å². The van der Waals surface area contributed by atoms with E-state index in [4.69, 9.17) is 4.42 Å². The summed E-state index contributed by atoms with van der Waals surface area (Å²) in [5, 5.41) is 16.8. The minimum Gasteiger partial charge on any atom is -0.431 e. The highest BCUT2D eigenvalue weighted by Crippen LogP contribution is 2.16. The van der Waals surface area contributed by atoms with Crippen molar-refractivity contribution < 1.29 is 31.5 Å². The molecule has 0 saturated carbocycles. The summed E-state index contributed by atoms with van der Waals surface area (Å²) in [7, 11) is -3.94. The minimum absolute atomic E-state index is 0.0137. The quantitative estimate of drug-likeness (QED) is 0.174. The summed E-state index contributed by atoms with van der Waals surface area (Å²) in [6.07, 6.45) is 0.576. The van der Waals surface area contributed by atoms with Crippen LogP contribution in [-0.4, -0.2) is 43.1 Å². The number of nitrogens with one attached hydrogen (secondary N) is 3. The predicted octanol–water partition coefficient (Wildman–Crippen LogP) is 3.74. The van der Waals surface area contributed by atoms with Gasteiger partial charge in [-0.3, -0.25) is 4.79 Å². The van der Waals surface area contributed by atoms with Crippen molar-refractivity contribution in [3.8, 4) is 0 Å². The zero-order valence-electron chi connectivity index (χ0n) is 22.9. The molecule has 0 bridgehead atoms. The van der Waals surface area contributed by atoms with Gasteiger partial charge in [0.2, 0.25) is 5.91 Å². The van der Waals surface area contributed by atoms with Gasteiger partial charge in [-0.15, -0.1) is 0 Å². The van der Waals surface area contributed by atoms with Crippen LogP contribution in [0.25, 0.3) is 0 Å². The second-order valence-electron chi connectivity index (χ2n) is 9.77. The number of amides is 1. The maximum atomic E-state index is 13.8. The summed E-state index contributed by atoms with van der Waals surface area (Å²) in [4.78, 5) is 17.0. The molecule has 1 amide bonds. The van der Waals surface area contributed by atoms with Crippen molar-refractivity contribution in [2.45, 2.75) is 49.8 Å². The van der Waals surface area contributed by atoms with Crippen molar-refractivity contribution in [3.63, 3.8) is 0 Å². The van der Waals surface area contributed by atoms with E-state index in [0.717, 1.165) is 36.4 Å². The van der Waals surface area contributed by atoms with Crippen molar-refractivity contribution in [2.75, 3.05) is 11.3 Å². The Morgan fingerprint density at radius 2 is 1.69 bits per heavy atom. The second kappa shape index (κ2) is 14.2. The molecular formula is C30H32F2N4O5S. The molecule has 2 atom stereocenters. The Balaban J connectivity index is 1.40. The number of aryl methyl sites for hydroxylation is 1. The Kier molecular flexibility index (Phi) is 10.4. The molecule has 4 aromatic rings. The summed E-state index contributed by atoms with van der Waals surface area (Å²) >= 11 is 0. The molecule has 12 heteroatoms. The van der Waals surface area contributed by atoms with Crippen LogP contribution in [0.1, 0.15) is 29.3 Å². The number of nitrogens with zero attached hydrogens (tertiary/aromatic N) is 1. The highest BCUT2D eigenvalue weighted by molar-refractivity contribution is 7.92. The molecule has 3 aromatic carbocycles. The van der Waals surface area contributed by atoms with Crippen molar-refractivity contribution >= 4 is 21.9 Å². The fraction of sp³-hybridized carbons (Fsp3) is 0.267. The fourth-order valence-corrected chi connectivity index (χ4v) is 5.32. The lowest BCUT2D eigenvalue weighted by atomic mass is 10.00. The van der Waals surface area contributed by atoms with E-state index in [2.05, 4.69) is 33.3 Å². The summed E-state index contributed by atoms with van der Waals surface area (Å²) in [5.74, 6) is -2.10. The molecule has 0 fully saturated rings. The molecule has 1 heterocycles. The van der Waals surface area contributed by atoms with Crippen molar-refractivity contribution in [1.82, 2.24) is 15.6 Å². The molecule has 0 unspecified atom stereocenters. The largest absolute Gasteiger partial charge is 0.431 e. The first-order valence-electron chi connectivity index (χ1n) is 13.3. The van der Waals surface area contributed by atoms with Crippen LogP contribution in [0, 0.1) is 11.6 Å². The predicted molar refractivity (Wildman–Crippen MR) is 153 cm³/mol. The number of benzene rings is 3. The Morgan fingerprint density at radius 3 is 2.40 bits per heavy atom. The molecule has 0 saturated heterocycles. The molecule has 1 aromatic heterocycles. The number of anilines is 1. The van der Waals surface area contributed by atoms with E-state index < -0.39 is 39.7 Å². The number of hydrogen-bond donors (Lipinski definition) is 4. The monoisotopic (exact) mass is 598 g/mol. The lowest BCUT2D eigenvalue weighted by Gasteiger charge is -2.25. The van der Waals surface area contributed by atoms with E-state index in [0.29, 0.717) is 6.54 Å². The van der Waals surface area contributed by atoms with Crippen LogP contribution in [0.4, 0.5) is 14.8 Å². The van der Waals surface area contributed by atoms with Crippen LogP contribution in [0.3, 0.4) is 0 Å². The van der Waals surface area contributed by atoms with E-state index in [1.54, 1.807) is 18.2 Å². The van der Waals surface area contributed by atoms with E-state index in [1.807, 2.05) is 18.2 Å². The van der Waals surface area contributed by atoms with Gasteiger partial charge in [-0.2, -0.15) is 4.98 Å². The standard InChI is InChI=1S/C30H32F2N4O5S/c1-2-20-7-6-8-21(11-20)17-33-18-28(37)27(14-22-12-23(31)15-24(32)13-22)35-29(38)16-25-19-41-30(34-25)36-42(39,40)26-9-4-3-5-10-26/h3-13,15,19,27-28,33,37H,2,14,16-18H2,1H3,(H,34,36)(H,35,38)/t27-,28+/m0/s1. The first-order chi connectivity index (χ1) is 20.1. The number of hydrogen-bond acceptors (Lipinski definition) is 7. The van der Waals surface area contributed by atoms with E-state index in [-0.39, 0.29) is 41.6 Å². The lowest BCUT2D eigenvalue weighted by molar-refractivity contribution is -0.122.